The van der Waals surface area contributed by atoms with Gasteiger partial charge in [0.2, 0.25) is 0 Å². The first-order valence-corrected chi connectivity index (χ1v) is 8.30. The van der Waals surface area contributed by atoms with Crippen LogP contribution in [0.25, 0.3) is 0 Å². The van der Waals surface area contributed by atoms with Gasteiger partial charge in [-0.15, -0.1) is 11.3 Å². The number of halogens is 1. The molecule has 6 heteroatoms. The van der Waals surface area contributed by atoms with Gasteiger partial charge in [-0.25, -0.2) is 0 Å². The Bertz CT molecular complexity index is 671. The molecule has 0 atom stereocenters. The minimum Gasteiger partial charge on any atom is -0.489 e. The van der Waals surface area contributed by atoms with Crippen molar-refractivity contribution < 1.29 is 9.53 Å². The van der Waals surface area contributed by atoms with E-state index in [0.29, 0.717) is 24.5 Å². The lowest BCUT2D eigenvalue weighted by Gasteiger charge is -2.23. The number of fused-ring (bicyclic) bond motifs is 1. The van der Waals surface area contributed by atoms with E-state index in [4.69, 9.17) is 4.74 Å². The smallest absolute Gasteiger partial charge is 0.257 e. The van der Waals surface area contributed by atoms with Crippen molar-refractivity contribution in [1.29, 1.82) is 0 Å². The average molecular weight is 367 g/mol. The Kier molecular flexibility index (Phi) is 4.17. The summed E-state index contributed by atoms with van der Waals surface area (Å²) in [6.45, 7) is 1.94. The van der Waals surface area contributed by atoms with Gasteiger partial charge in [0, 0.05) is 28.3 Å². The summed E-state index contributed by atoms with van der Waals surface area (Å²) in [5.74, 6) is 0.632. The van der Waals surface area contributed by atoms with E-state index in [1.165, 1.54) is 0 Å². The number of anilines is 1. The summed E-state index contributed by atoms with van der Waals surface area (Å²) in [7, 11) is 1.81. The highest BCUT2D eigenvalue weighted by molar-refractivity contribution is 9.10. The summed E-state index contributed by atoms with van der Waals surface area (Å²) in [6.07, 6.45) is 0. The maximum atomic E-state index is 12.6. The number of hydrogen-bond acceptors (Lipinski definition) is 4. The van der Waals surface area contributed by atoms with Crippen LogP contribution in [-0.4, -0.2) is 31.0 Å². The molecule has 0 unspecified atom stereocenters. The Labute approximate surface area is 135 Å². The van der Waals surface area contributed by atoms with Crippen LogP contribution in [0.3, 0.4) is 0 Å². The number of carbonyl (C=O) groups excluding carboxylic acids is 1. The topological polar surface area (TPSA) is 41.6 Å². The van der Waals surface area contributed by atoms with E-state index in [1.54, 1.807) is 16.2 Å². The molecule has 0 radical (unpaired) electrons. The lowest BCUT2D eigenvalue weighted by Crippen LogP contribution is -2.28. The number of rotatable bonds is 3. The molecule has 0 saturated carbocycles. The average Bonchev–Trinajstić information content (AvgIpc) is 2.91. The Morgan fingerprint density at radius 3 is 3.14 bits per heavy atom. The van der Waals surface area contributed by atoms with Gasteiger partial charge < -0.3 is 15.0 Å². The van der Waals surface area contributed by atoms with Crippen LogP contribution in [0.1, 0.15) is 15.2 Å². The molecule has 2 aromatic rings. The van der Waals surface area contributed by atoms with Crippen LogP contribution < -0.4 is 10.1 Å². The summed E-state index contributed by atoms with van der Waals surface area (Å²) >= 11 is 5.07. The van der Waals surface area contributed by atoms with E-state index in [0.717, 1.165) is 21.6 Å². The second-order valence-corrected chi connectivity index (χ2v) is 6.76. The summed E-state index contributed by atoms with van der Waals surface area (Å²) in [4.78, 5) is 15.5. The fraction of sp³-hybridized carbons (Fsp3) is 0.267. The second kappa shape index (κ2) is 6.07. The molecule has 0 saturated heterocycles. The number of benzene rings is 1. The van der Waals surface area contributed by atoms with Crippen molar-refractivity contribution in [3.8, 4) is 5.75 Å². The first-order valence-electron chi connectivity index (χ1n) is 6.63. The van der Waals surface area contributed by atoms with Crippen molar-refractivity contribution in [2.24, 2.45) is 0 Å². The van der Waals surface area contributed by atoms with Crippen molar-refractivity contribution in [3.63, 3.8) is 0 Å². The van der Waals surface area contributed by atoms with E-state index in [2.05, 4.69) is 21.2 Å². The van der Waals surface area contributed by atoms with Gasteiger partial charge in [-0.3, -0.25) is 4.79 Å². The highest BCUT2D eigenvalue weighted by Gasteiger charge is 2.21. The molecule has 0 bridgehead atoms. The molecule has 21 heavy (non-hydrogen) atoms. The Balaban J connectivity index is 1.81. The summed E-state index contributed by atoms with van der Waals surface area (Å²) in [5.41, 5.74) is 1.50. The van der Waals surface area contributed by atoms with Crippen molar-refractivity contribution in [2.45, 2.75) is 6.54 Å². The van der Waals surface area contributed by atoms with Crippen molar-refractivity contribution in [2.75, 3.05) is 25.5 Å². The monoisotopic (exact) mass is 366 g/mol. The maximum absolute atomic E-state index is 12.6. The number of carbonyl (C=O) groups is 1. The zero-order valence-electron chi connectivity index (χ0n) is 11.6. The largest absolute Gasteiger partial charge is 0.489 e. The molecule has 0 spiro atoms. The fourth-order valence-electron chi connectivity index (χ4n) is 2.29. The Morgan fingerprint density at radius 2 is 2.38 bits per heavy atom. The molecule has 4 nitrogen and oxygen atoms in total. The molecule has 1 N–H and O–H groups in total. The first-order chi connectivity index (χ1) is 10.1. The van der Waals surface area contributed by atoms with Crippen LogP contribution in [0.2, 0.25) is 0 Å². The SMILES string of the molecule is CN(Cc1cc(Br)cs1)C(=O)c1cccc2c1OCCN2. The number of nitrogens with zero attached hydrogens (tertiary/aromatic N) is 1. The Hall–Kier alpha value is -1.53. The van der Waals surface area contributed by atoms with E-state index >= 15 is 0 Å². The number of nitrogens with one attached hydrogen (secondary N) is 1. The highest BCUT2D eigenvalue weighted by atomic mass is 79.9. The molecule has 0 aliphatic carbocycles. The first kappa shape index (κ1) is 14.4. The van der Waals surface area contributed by atoms with Gasteiger partial charge in [-0.1, -0.05) is 6.07 Å². The minimum absolute atomic E-state index is 0.0277. The van der Waals surface area contributed by atoms with Crippen LogP contribution in [0.4, 0.5) is 5.69 Å². The molecule has 0 fully saturated rings. The molecule has 1 amide bonds. The fourth-order valence-corrected chi connectivity index (χ4v) is 3.79. The number of amides is 1. The molecular weight excluding hydrogens is 352 g/mol. The lowest BCUT2D eigenvalue weighted by molar-refractivity contribution is 0.0782. The van der Waals surface area contributed by atoms with Gasteiger partial charge >= 0.3 is 0 Å². The molecular formula is C15H15BrN2O2S. The van der Waals surface area contributed by atoms with Crippen LogP contribution in [0, 0.1) is 0 Å². The van der Waals surface area contributed by atoms with E-state index in [9.17, 15) is 4.79 Å². The number of ether oxygens (including phenoxy) is 1. The molecule has 1 aliphatic heterocycles. The van der Waals surface area contributed by atoms with E-state index in [-0.39, 0.29) is 5.91 Å². The van der Waals surface area contributed by atoms with Gasteiger partial charge in [0.1, 0.15) is 6.61 Å². The third kappa shape index (κ3) is 3.06. The molecule has 3 rings (SSSR count). The van der Waals surface area contributed by atoms with Crippen LogP contribution in [0.15, 0.2) is 34.1 Å². The van der Waals surface area contributed by atoms with Gasteiger partial charge in [0.05, 0.1) is 17.8 Å². The van der Waals surface area contributed by atoms with Crippen LogP contribution >= 0.6 is 27.3 Å². The van der Waals surface area contributed by atoms with E-state index in [1.807, 2.05) is 36.7 Å². The molecule has 1 aliphatic rings. The zero-order valence-corrected chi connectivity index (χ0v) is 14.0. The molecule has 110 valence electrons. The molecule has 1 aromatic heterocycles. The third-order valence-corrected chi connectivity index (χ3v) is 4.95. The number of hydrogen-bond donors (Lipinski definition) is 1. The summed E-state index contributed by atoms with van der Waals surface area (Å²) in [6, 6.07) is 7.66. The minimum atomic E-state index is -0.0277. The standard InChI is InChI=1S/C15H15BrN2O2S/c1-18(8-11-7-10(16)9-21-11)15(19)12-3-2-4-13-14(12)20-6-5-17-13/h2-4,7,9,17H,5-6,8H2,1H3. The highest BCUT2D eigenvalue weighted by Crippen LogP contribution is 2.32. The van der Waals surface area contributed by atoms with Crippen molar-refractivity contribution >= 4 is 38.9 Å². The molecule has 2 heterocycles. The Morgan fingerprint density at radius 1 is 1.52 bits per heavy atom. The number of para-hydroxylation sites is 1. The quantitative estimate of drug-likeness (QED) is 0.902. The number of thiophene rings is 1. The van der Waals surface area contributed by atoms with Crippen LogP contribution in [0.5, 0.6) is 5.75 Å². The predicted octanol–water partition coefficient (Wildman–Crippen LogP) is 3.59. The van der Waals surface area contributed by atoms with E-state index < -0.39 is 0 Å². The zero-order chi connectivity index (χ0) is 14.8. The normalized spacial score (nSPS) is 13.0. The van der Waals surface area contributed by atoms with Gasteiger partial charge in [-0.2, -0.15) is 0 Å². The predicted molar refractivity (Wildman–Crippen MR) is 88.2 cm³/mol. The summed E-state index contributed by atoms with van der Waals surface area (Å²) < 4.78 is 6.71. The van der Waals surface area contributed by atoms with Gasteiger partial charge in [-0.05, 0) is 34.1 Å². The molecule has 1 aromatic carbocycles. The second-order valence-electron chi connectivity index (χ2n) is 4.85. The van der Waals surface area contributed by atoms with Crippen molar-refractivity contribution in [3.05, 3.63) is 44.6 Å². The van der Waals surface area contributed by atoms with Crippen LogP contribution in [-0.2, 0) is 6.54 Å². The van der Waals surface area contributed by atoms with Gasteiger partial charge in [0.25, 0.3) is 5.91 Å². The van der Waals surface area contributed by atoms with Gasteiger partial charge in [0.15, 0.2) is 5.75 Å². The third-order valence-electron chi connectivity index (χ3n) is 3.27. The van der Waals surface area contributed by atoms with Crippen molar-refractivity contribution in [1.82, 2.24) is 4.90 Å². The lowest BCUT2D eigenvalue weighted by atomic mass is 10.1. The summed E-state index contributed by atoms with van der Waals surface area (Å²) in [5, 5.41) is 5.27. The maximum Gasteiger partial charge on any atom is 0.257 e.